The Morgan fingerprint density at radius 1 is 0.929 bits per heavy atom. The third kappa shape index (κ3) is 2.18. The summed E-state index contributed by atoms with van der Waals surface area (Å²) in [7, 11) is 2.25. The van der Waals surface area contributed by atoms with Crippen molar-refractivity contribution in [1.29, 1.82) is 0 Å². The quantitative estimate of drug-likeness (QED) is 0.611. The number of hydrogen-bond donors (Lipinski definition) is 0. The summed E-state index contributed by atoms with van der Waals surface area (Å²) in [5.41, 5.74) is 7.51. The number of likely N-dealkylation sites (N-methyl/N-ethyl adjacent to an activating group) is 1. The van der Waals surface area contributed by atoms with Crippen LogP contribution >= 0.6 is 0 Å². The van der Waals surface area contributed by atoms with Gasteiger partial charge in [0.15, 0.2) is 0 Å². The van der Waals surface area contributed by atoms with Gasteiger partial charge in [0.2, 0.25) is 0 Å². The fraction of sp³-hybridized carbons (Fsp3) is 0.269. The summed E-state index contributed by atoms with van der Waals surface area (Å²) >= 11 is 0. The van der Waals surface area contributed by atoms with Gasteiger partial charge in [0, 0.05) is 30.1 Å². The Hall–Kier alpha value is -2.87. The van der Waals surface area contributed by atoms with Crippen LogP contribution in [0.5, 0.6) is 0 Å². The Kier molecular flexibility index (Phi) is 3.74. The first-order valence-corrected chi connectivity index (χ1v) is 10.1. The first kappa shape index (κ1) is 17.2. The predicted octanol–water partition coefficient (Wildman–Crippen LogP) is 5.92. The second-order valence-corrected chi connectivity index (χ2v) is 8.52. The minimum Gasteiger partial charge on any atom is -0.363 e. The summed E-state index contributed by atoms with van der Waals surface area (Å²) in [6.45, 7) is 4.79. The second kappa shape index (κ2) is 6.07. The molecule has 2 heterocycles. The van der Waals surface area contributed by atoms with Crippen molar-refractivity contribution in [1.82, 2.24) is 0 Å². The predicted molar refractivity (Wildman–Crippen MR) is 119 cm³/mol. The van der Waals surface area contributed by atoms with E-state index in [4.69, 9.17) is 4.99 Å². The smallest absolute Gasteiger partial charge is 0.0794 e. The van der Waals surface area contributed by atoms with Crippen LogP contribution in [0.3, 0.4) is 0 Å². The lowest BCUT2D eigenvalue weighted by Crippen LogP contribution is -2.57. The van der Waals surface area contributed by atoms with Crippen molar-refractivity contribution < 1.29 is 0 Å². The molecule has 0 saturated carbocycles. The van der Waals surface area contributed by atoms with Gasteiger partial charge in [0.25, 0.3) is 0 Å². The van der Waals surface area contributed by atoms with Crippen molar-refractivity contribution in [3.63, 3.8) is 0 Å². The minimum absolute atomic E-state index is 0.0447. The van der Waals surface area contributed by atoms with Crippen molar-refractivity contribution >= 4 is 17.1 Å². The summed E-state index contributed by atoms with van der Waals surface area (Å²) in [4.78, 5) is 7.60. The van der Waals surface area contributed by atoms with Gasteiger partial charge in [-0.05, 0) is 29.7 Å². The number of rotatable bonds is 1. The van der Waals surface area contributed by atoms with E-state index in [1.807, 2.05) is 0 Å². The lowest BCUT2D eigenvalue weighted by Gasteiger charge is -2.48. The number of aliphatic imine (C=N–C) groups is 1. The first-order valence-electron chi connectivity index (χ1n) is 10.1. The molecular formula is C26H26N2. The third-order valence-corrected chi connectivity index (χ3v) is 6.94. The van der Waals surface area contributed by atoms with Gasteiger partial charge in [0.05, 0.1) is 16.9 Å². The van der Waals surface area contributed by atoms with Crippen LogP contribution < -0.4 is 4.90 Å². The molecule has 1 spiro atoms. The van der Waals surface area contributed by atoms with E-state index in [1.165, 1.54) is 28.1 Å². The zero-order valence-electron chi connectivity index (χ0n) is 16.8. The molecule has 28 heavy (non-hydrogen) atoms. The van der Waals surface area contributed by atoms with Gasteiger partial charge in [-0.3, -0.25) is 4.99 Å². The van der Waals surface area contributed by atoms with E-state index in [-0.39, 0.29) is 11.0 Å². The maximum Gasteiger partial charge on any atom is 0.0794 e. The van der Waals surface area contributed by atoms with Crippen LogP contribution in [0.15, 0.2) is 89.5 Å². The molecule has 1 aliphatic carbocycles. The van der Waals surface area contributed by atoms with Gasteiger partial charge in [-0.25, -0.2) is 0 Å². The molecule has 0 N–H and O–H groups in total. The average Bonchev–Trinajstić information content (AvgIpc) is 3.17. The molecular weight excluding hydrogens is 340 g/mol. The van der Waals surface area contributed by atoms with E-state index in [9.17, 15) is 0 Å². The summed E-state index contributed by atoms with van der Waals surface area (Å²) < 4.78 is 0. The molecule has 0 aromatic heterocycles. The Balaban J connectivity index is 1.72. The van der Waals surface area contributed by atoms with E-state index >= 15 is 0 Å². The topological polar surface area (TPSA) is 15.6 Å². The van der Waals surface area contributed by atoms with Gasteiger partial charge in [-0.2, -0.15) is 0 Å². The Labute approximate surface area is 167 Å². The highest BCUT2D eigenvalue weighted by atomic mass is 15.2. The number of nitrogens with zero attached hydrogens (tertiary/aromatic N) is 2. The van der Waals surface area contributed by atoms with Crippen molar-refractivity contribution in [3.05, 3.63) is 95.6 Å². The van der Waals surface area contributed by atoms with Crippen LogP contribution in [-0.2, 0) is 11.8 Å². The second-order valence-electron chi connectivity index (χ2n) is 8.52. The van der Waals surface area contributed by atoms with Gasteiger partial charge in [-0.1, -0.05) is 80.6 Å². The normalized spacial score (nSPS) is 26.8. The van der Waals surface area contributed by atoms with E-state index in [0.29, 0.717) is 0 Å². The van der Waals surface area contributed by atoms with E-state index in [1.54, 1.807) is 0 Å². The van der Waals surface area contributed by atoms with Gasteiger partial charge in [0.1, 0.15) is 0 Å². The zero-order valence-corrected chi connectivity index (χ0v) is 16.8. The van der Waals surface area contributed by atoms with Crippen molar-refractivity contribution in [2.45, 2.75) is 37.6 Å². The molecule has 0 bridgehead atoms. The standard InChI is InChI=1S/C26H26N2/c1-25(2)21-14-8-10-16-24(21)28(3)26(25)17-11-5-4-6-13-20(26)23-18-19-12-7-9-15-22(19)27-23/h4-16H,17-18H2,1-3H3/b6-4-,11-5-,20-13?. The Morgan fingerprint density at radius 3 is 2.54 bits per heavy atom. The summed E-state index contributed by atoms with van der Waals surface area (Å²) in [5.74, 6) is 0. The highest BCUT2D eigenvalue weighted by molar-refractivity contribution is 6.09. The van der Waals surface area contributed by atoms with Gasteiger partial charge >= 0.3 is 0 Å². The molecule has 0 radical (unpaired) electrons. The number of allylic oxidation sites excluding steroid dienone is 4. The first-order chi connectivity index (χ1) is 13.6. The highest BCUT2D eigenvalue weighted by Crippen LogP contribution is 2.56. The molecule has 0 amide bonds. The molecule has 5 rings (SSSR count). The molecule has 2 aromatic rings. The van der Waals surface area contributed by atoms with Gasteiger partial charge in [-0.15, -0.1) is 0 Å². The van der Waals surface area contributed by atoms with Crippen molar-refractivity contribution in [2.75, 3.05) is 11.9 Å². The molecule has 0 fully saturated rings. The molecule has 1 unspecified atom stereocenters. The fourth-order valence-corrected chi connectivity index (χ4v) is 5.46. The van der Waals surface area contributed by atoms with Crippen LogP contribution in [0, 0.1) is 0 Å². The SMILES string of the molecule is CN1c2ccccc2C(C)(C)C12C/C=C\C=C/C=C2C1=Nc2ccccc2C1. The number of benzene rings is 2. The molecule has 2 aliphatic heterocycles. The molecule has 140 valence electrons. The molecule has 2 nitrogen and oxygen atoms in total. The summed E-state index contributed by atoms with van der Waals surface area (Å²) in [6.07, 6.45) is 13.0. The highest BCUT2D eigenvalue weighted by Gasteiger charge is 2.57. The van der Waals surface area contributed by atoms with E-state index in [2.05, 4.69) is 105 Å². The molecule has 0 saturated heterocycles. The van der Waals surface area contributed by atoms with Crippen LogP contribution in [0.2, 0.25) is 0 Å². The van der Waals surface area contributed by atoms with E-state index < -0.39 is 0 Å². The van der Waals surface area contributed by atoms with Crippen LogP contribution in [0.25, 0.3) is 0 Å². The molecule has 2 aromatic carbocycles. The molecule has 1 atom stereocenters. The lowest BCUT2D eigenvalue weighted by atomic mass is 9.63. The largest absolute Gasteiger partial charge is 0.363 e. The number of hydrogen-bond acceptors (Lipinski definition) is 2. The molecule has 2 heteroatoms. The van der Waals surface area contributed by atoms with E-state index in [0.717, 1.165) is 18.5 Å². The molecule has 3 aliphatic rings. The maximum absolute atomic E-state index is 5.09. The Bertz CT molecular complexity index is 1070. The third-order valence-electron chi connectivity index (χ3n) is 6.94. The lowest BCUT2D eigenvalue weighted by molar-refractivity contribution is 0.326. The van der Waals surface area contributed by atoms with Crippen LogP contribution in [0.1, 0.15) is 31.4 Å². The Morgan fingerprint density at radius 2 is 1.71 bits per heavy atom. The number of anilines is 1. The summed E-state index contributed by atoms with van der Waals surface area (Å²) in [6, 6.07) is 17.4. The zero-order chi connectivity index (χ0) is 19.4. The number of para-hydroxylation sites is 2. The van der Waals surface area contributed by atoms with Crippen LogP contribution in [-0.4, -0.2) is 18.3 Å². The van der Waals surface area contributed by atoms with Crippen molar-refractivity contribution in [2.24, 2.45) is 4.99 Å². The monoisotopic (exact) mass is 366 g/mol. The van der Waals surface area contributed by atoms with Gasteiger partial charge < -0.3 is 4.90 Å². The number of fused-ring (bicyclic) bond motifs is 2. The summed E-state index contributed by atoms with van der Waals surface area (Å²) in [5, 5.41) is 0. The van der Waals surface area contributed by atoms with Crippen LogP contribution in [0.4, 0.5) is 11.4 Å². The maximum atomic E-state index is 5.09. The minimum atomic E-state index is -0.168. The van der Waals surface area contributed by atoms with Crippen molar-refractivity contribution in [3.8, 4) is 0 Å². The average molecular weight is 367 g/mol. The fourth-order valence-electron chi connectivity index (χ4n) is 5.46.